The number of hydrogen-bond donors (Lipinski definition) is 0. The molecular weight excluding hydrogens is 360 g/mol. The summed E-state index contributed by atoms with van der Waals surface area (Å²) >= 11 is 5.06. The highest BCUT2D eigenvalue weighted by Gasteiger charge is 2.19. The van der Waals surface area contributed by atoms with Crippen molar-refractivity contribution >= 4 is 27.7 Å². The highest BCUT2D eigenvalue weighted by atomic mass is 79.9. The van der Waals surface area contributed by atoms with Gasteiger partial charge in [-0.05, 0) is 42.5 Å². The van der Waals surface area contributed by atoms with E-state index in [1.165, 1.54) is 12.8 Å². The Kier molecular flexibility index (Phi) is 5.33. The van der Waals surface area contributed by atoms with Crippen molar-refractivity contribution < 1.29 is 0 Å². The molecule has 22 heavy (non-hydrogen) atoms. The van der Waals surface area contributed by atoms with Crippen LogP contribution in [-0.2, 0) is 6.54 Å². The van der Waals surface area contributed by atoms with Crippen molar-refractivity contribution in [2.24, 2.45) is 0 Å². The van der Waals surface area contributed by atoms with Crippen LogP contribution in [0.15, 0.2) is 46.5 Å². The second-order valence-electron chi connectivity index (χ2n) is 5.36. The summed E-state index contributed by atoms with van der Waals surface area (Å²) in [4.78, 5) is 2.45. The molecule has 1 aliphatic heterocycles. The maximum absolute atomic E-state index is 4.44. The number of nitrogens with zero attached hydrogens (tertiary/aromatic N) is 4. The lowest BCUT2D eigenvalue weighted by Crippen LogP contribution is -2.21. The largest absolute Gasteiger partial charge is 0.296 e. The highest BCUT2D eigenvalue weighted by Crippen LogP contribution is 2.25. The number of para-hydroxylation sites is 1. The molecule has 0 radical (unpaired) electrons. The molecule has 0 aliphatic carbocycles. The Morgan fingerprint density at radius 3 is 2.59 bits per heavy atom. The van der Waals surface area contributed by atoms with E-state index in [1.54, 1.807) is 11.8 Å². The van der Waals surface area contributed by atoms with Crippen LogP contribution in [0.5, 0.6) is 0 Å². The standard InChI is InChI=1S/C16H19BrN4S/c1-13(17)12-22-16-19-18-15(11-20-9-5-6-10-20)21(16)14-7-3-2-4-8-14/h2-4,7-8H,1,5-6,9-12H2. The Balaban J connectivity index is 1.89. The number of hydrogen-bond acceptors (Lipinski definition) is 4. The van der Waals surface area contributed by atoms with Crippen LogP contribution in [0.3, 0.4) is 0 Å². The molecule has 2 heterocycles. The van der Waals surface area contributed by atoms with Crippen molar-refractivity contribution in [2.75, 3.05) is 18.8 Å². The number of benzene rings is 1. The number of rotatable bonds is 6. The first-order valence-corrected chi connectivity index (χ1v) is 9.20. The van der Waals surface area contributed by atoms with Crippen molar-refractivity contribution in [2.45, 2.75) is 24.5 Å². The number of aromatic nitrogens is 3. The van der Waals surface area contributed by atoms with E-state index in [1.807, 2.05) is 18.2 Å². The van der Waals surface area contributed by atoms with E-state index in [-0.39, 0.29) is 0 Å². The van der Waals surface area contributed by atoms with Gasteiger partial charge in [-0.3, -0.25) is 9.47 Å². The molecule has 1 saturated heterocycles. The molecule has 1 aromatic heterocycles. The number of likely N-dealkylation sites (tertiary alicyclic amines) is 1. The van der Waals surface area contributed by atoms with Gasteiger partial charge in [-0.1, -0.05) is 52.5 Å². The monoisotopic (exact) mass is 378 g/mol. The Bertz CT molecular complexity index is 635. The van der Waals surface area contributed by atoms with Gasteiger partial charge in [0, 0.05) is 11.4 Å². The van der Waals surface area contributed by atoms with Crippen LogP contribution >= 0.6 is 27.7 Å². The van der Waals surface area contributed by atoms with Gasteiger partial charge in [0.2, 0.25) is 0 Å². The molecule has 0 amide bonds. The average Bonchev–Trinajstić information content (AvgIpc) is 3.16. The van der Waals surface area contributed by atoms with E-state index in [4.69, 9.17) is 0 Å². The van der Waals surface area contributed by atoms with Crippen LogP contribution in [0.4, 0.5) is 0 Å². The smallest absolute Gasteiger partial charge is 0.196 e. The third-order valence-electron chi connectivity index (χ3n) is 3.64. The van der Waals surface area contributed by atoms with Gasteiger partial charge < -0.3 is 0 Å². The fourth-order valence-electron chi connectivity index (χ4n) is 2.62. The van der Waals surface area contributed by atoms with Crippen molar-refractivity contribution in [1.29, 1.82) is 0 Å². The highest BCUT2D eigenvalue weighted by molar-refractivity contribution is 9.11. The molecule has 3 rings (SSSR count). The summed E-state index contributed by atoms with van der Waals surface area (Å²) in [6.07, 6.45) is 2.56. The summed E-state index contributed by atoms with van der Waals surface area (Å²) in [6.45, 7) is 7.06. The molecule has 1 fully saturated rings. The topological polar surface area (TPSA) is 34.0 Å². The minimum Gasteiger partial charge on any atom is -0.296 e. The number of thioether (sulfide) groups is 1. The van der Waals surface area contributed by atoms with E-state index in [0.29, 0.717) is 0 Å². The number of halogens is 1. The van der Waals surface area contributed by atoms with Crippen LogP contribution < -0.4 is 0 Å². The Morgan fingerprint density at radius 1 is 1.18 bits per heavy atom. The molecule has 6 heteroatoms. The van der Waals surface area contributed by atoms with Crippen LogP contribution in [0, 0.1) is 0 Å². The molecule has 116 valence electrons. The van der Waals surface area contributed by atoms with Crippen molar-refractivity contribution in [1.82, 2.24) is 19.7 Å². The molecule has 4 nitrogen and oxygen atoms in total. The van der Waals surface area contributed by atoms with Crippen LogP contribution in [0.1, 0.15) is 18.7 Å². The van der Waals surface area contributed by atoms with Crippen LogP contribution in [0.25, 0.3) is 5.69 Å². The van der Waals surface area contributed by atoms with Gasteiger partial charge in [0.05, 0.1) is 6.54 Å². The Labute approximate surface area is 143 Å². The third-order valence-corrected chi connectivity index (χ3v) is 5.30. The third kappa shape index (κ3) is 3.80. The Hall–Kier alpha value is -1.11. The second kappa shape index (κ2) is 7.44. The maximum Gasteiger partial charge on any atom is 0.196 e. The van der Waals surface area contributed by atoms with Crippen molar-refractivity contribution in [3.05, 3.63) is 47.2 Å². The quantitative estimate of drug-likeness (QED) is 0.714. The van der Waals surface area contributed by atoms with E-state index < -0.39 is 0 Å². The van der Waals surface area contributed by atoms with E-state index in [0.717, 1.165) is 46.5 Å². The zero-order valence-electron chi connectivity index (χ0n) is 12.4. The molecule has 0 N–H and O–H groups in total. The fourth-order valence-corrected chi connectivity index (χ4v) is 3.68. The summed E-state index contributed by atoms with van der Waals surface area (Å²) in [5.41, 5.74) is 1.12. The van der Waals surface area contributed by atoms with Crippen molar-refractivity contribution in [3.8, 4) is 5.69 Å². The SMILES string of the molecule is C=C(Br)CSc1nnc(CN2CCCC2)n1-c1ccccc1. The molecular formula is C16H19BrN4S. The van der Waals surface area contributed by atoms with Gasteiger partial charge in [0.1, 0.15) is 0 Å². The van der Waals surface area contributed by atoms with Gasteiger partial charge >= 0.3 is 0 Å². The van der Waals surface area contributed by atoms with Crippen LogP contribution in [0.2, 0.25) is 0 Å². The minimum absolute atomic E-state index is 0.786. The molecule has 0 atom stereocenters. The predicted octanol–water partition coefficient (Wildman–Crippen LogP) is 3.86. The van der Waals surface area contributed by atoms with Gasteiger partial charge in [0.15, 0.2) is 11.0 Å². The maximum atomic E-state index is 4.44. The second-order valence-corrected chi connectivity index (χ2v) is 7.42. The molecule has 2 aromatic rings. The summed E-state index contributed by atoms with van der Waals surface area (Å²) in [5.74, 6) is 1.80. The van der Waals surface area contributed by atoms with Gasteiger partial charge in [-0.15, -0.1) is 10.2 Å². The summed E-state index contributed by atoms with van der Waals surface area (Å²) in [6, 6.07) is 10.3. The lowest BCUT2D eigenvalue weighted by Gasteiger charge is -2.15. The lowest BCUT2D eigenvalue weighted by molar-refractivity contribution is 0.319. The normalized spacial score (nSPS) is 15.3. The predicted molar refractivity (Wildman–Crippen MR) is 94.7 cm³/mol. The van der Waals surface area contributed by atoms with Crippen LogP contribution in [-0.4, -0.2) is 38.5 Å². The van der Waals surface area contributed by atoms with E-state index in [2.05, 4.69) is 54.3 Å². The first kappa shape index (κ1) is 15.8. The molecule has 0 spiro atoms. The van der Waals surface area contributed by atoms with Gasteiger partial charge in [-0.2, -0.15) is 0 Å². The molecule has 0 unspecified atom stereocenters. The van der Waals surface area contributed by atoms with Crippen molar-refractivity contribution in [3.63, 3.8) is 0 Å². The van der Waals surface area contributed by atoms with E-state index >= 15 is 0 Å². The van der Waals surface area contributed by atoms with Gasteiger partial charge in [0.25, 0.3) is 0 Å². The molecule has 1 aliphatic rings. The zero-order valence-corrected chi connectivity index (χ0v) is 14.8. The summed E-state index contributed by atoms with van der Waals surface area (Å²) in [7, 11) is 0. The summed E-state index contributed by atoms with van der Waals surface area (Å²) < 4.78 is 3.13. The molecule has 0 bridgehead atoms. The lowest BCUT2D eigenvalue weighted by atomic mass is 10.3. The van der Waals surface area contributed by atoms with Gasteiger partial charge in [-0.25, -0.2) is 0 Å². The minimum atomic E-state index is 0.786. The molecule has 1 aromatic carbocycles. The first-order chi connectivity index (χ1) is 10.7. The first-order valence-electron chi connectivity index (χ1n) is 7.42. The van der Waals surface area contributed by atoms with E-state index in [9.17, 15) is 0 Å². The zero-order chi connectivity index (χ0) is 15.4. The molecule has 0 saturated carbocycles. The summed E-state index contributed by atoms with van der Waals surface area (Å²) in [5, 5.41) is 9.75. The average molecular weight is 379 g/mol. The Morgan fingerprint density at radius 2 is 1.91 bits per heavy atom. The fraction of sp³-hybridized carbons (Fsp3) is 0.375.